The Bertz CT molecular complexity index is 515. The molecule has 1 aromatic rings. The van der Waals surface area contributed by atoms with Crippen molar-refractivity contribution in [2.45, 2.75) is 37.0 Å². The van der Waals surface area contributed by atoms with Crippen molar-refractivity contribution in [3.05, 3.63) is 24.3 Å². The number of ether oxygens (including phenoxy) is 2. The second-order valence-electron chi connectivity index (χ2n) is 4.89. The number of benzene rings is 1. The number of rotatable bonds is 5. The zero-order valence-electron chi connectivity index (χ0n) is 11.7. The molecule has 0 atom stereocenters. The monoisotopic (exact) mass is 300 g/mol. The highest BCUT2D eigenvalue weighted by Crippen LogP contribution is 2.28. The minimum Gasteiger partial charge on any atom is -0.497 e. The summed E-state index contributed by atoms with van der Waals surface area (Å²) in [6.45, 7) is 0. The van der Waals surface area contributed by atoms with Crippen molar-refractivity contribution in [3.8, 4) is 11.5 Å². The third kappa shape index (κ3) is 3.64. The average molecular weight is 300 g/mol. The van der Waals surface area contributed by atoms with Gasteiger partial charge in [-0.15, -0.1) is 0 Å². The second-order valence-corrected chi connectivity index (χ2v) is 6.71. The molecular formula is C14H20O5S. The molecule has 20 heavy (non-hydrogen) atoms. The van der Waals surface area contributed by atoms with E-state index in [0.717, 1.165) is 12.8 Å². The van der Waals surface area contributed by atoms with Crippen molar-refractivity contribution in [1.29, 1.82) is 0 Å². The molecule has 0 radical (unpaired) electrons. The molecule has 0 aliphatic heterocycles. The first-order valence-electron chi connectivity index (χ1n) is 6.65. The molecule has 0 saturated heterocycles. The van der Waals surface area contributed by atoms with Crippen molar-refractivity contribution in [2.24, 2.45) is 0 Å². The van der Waals surface area contributed by atoms with Gasteiger partial charge in [0.15, 0.2) is 0 Å². The molecule has 6 heteroatoms. The van der Waals surface area contributed by atoms with Crippen LogP contribution in [0.25, 0.3) is 0 Å². The molecule has 0 amide bonds. The maximum absolute atomic E-state index is 12.2. The highest BCUT2D eigenvalue weighted by molar-refractivity contribution is 7.87. The quantitative estimate of drug-likeness (QED) is 0.781. The number of hydrogen-bond donors (Lipinski definition) is 0. The Hall–Kier alpha value is -1.27. The van der Waals surface area contributed by atoms with Crippen LogP contribution in [0.15, 0.2) is 24.3 Å². The summed E-state index contributed by atoms with van der Waals surface area (Å²) in [5.74, 6) is 0.981. The van der Waals surface area contributed by atoms with Gasteiger partial charge in [0.1, 0.15) is 11.5 Å². The van der Waals surface area contributed by atoms with E-state index in [0.29, 0.717) is 24.3 Å². The predicted octanol–water partition coefficient (Wildman–Crippen LogP) is 2.36. The Balaban J connectivity index is 2.00. The van der Waals surface area contributed by atoms with Crippen LogP contribution < -0.4 is 8.92 Å². The van der Waals surface area contributed by atoms with E-state index >= 15 is 0 Å². The maximum atomic E-state index is 12.2. The Morgan fingerprint density at radius 3 is 2.00 bits per heavy atom. The van der Waals surface area contributed by atoms with Gasteiger partial charge in [0.05, 0.1) is 18.5 Å². The zero-order chi connectivity index (χ0) is 14.6. The minimum absolute atomic E-state index is 0.169. The second kappa shape index (κ2) is 6.45. The lowest BCUT2D eigenvalue weighted by molar-refractivity contribution is 0.0712. The third-order valence-electron chi connectivity index (χ3n) is 3.63. The Labute approximate surface area is 120 Å². The van der Waals surface area contributed by atoms with Gasteiger partial charge in [-0.3, -0.25) is 0 Å². The van der Waals surface area contributed by atoms with E-state index < -0.39 is 15.4 Å². The molecule has 5 nitrogen and oxygen atoms in total. The van der Waals surface area contributed by atoms with Crippen LogP contribution in [-0.4, -0.2) is 34.0 Å². The molecule has 2 rings (SSSR count). The van der Waals surface area contributed by atoms with Gasteiger partial charge in [0.2, 0.25) is 0 Å². The van der Waals surface area contributed by atoms with Crippen LogP contribution in [0.5, 0.6) is 11.5 Å². The highest BCUT2D eigenvalue weighted by Gasteiger charge is 2.32. The van der Waals surface area contributed by atoms with E-state index in [1.54, 1.807) is 38.5 Å². The molecule has 1 aliphatic carbocycles. The van der Waals surface area contributed by atoms with E-state index in [4.69, 9.17) is 13.7 Å². The topological polar surface area (TPSA) is 61.8 Å². The van der Waals surface area contributed by atoms with E-state index in [1.807, 2.05) is 0 Å². The van der Waals surface area contributed by atoms with E-state index in [2.05, 4.69) is 0 Å². The van der Waals surface area contributed by atoms with Crippen molar-refractivity contribution in [3.63, 3.8) is 0 Å². The summed E-state index contributed by atoms with van der Waals surface area (Å²) >= 11 is 0. The van der Waals surface area contributed by atoms with Crippen molar-refractivity contribution in [2.75, 3.05) is 14.2 Å². The van der Waals surface area contributed by atoms with Crippen LogP contribution in [0.1, 0.15) is 25.7 Å². The van der Waals surface area contributed by atoms with Gasteiger partial charge >= 0.3 is 10.1 Å². The standard InChI is InChI=1S/C14H20O5S/c1-17-11-3-5-13(6-4-11)19-20(15,16)14-9-7-12(18-2)8-10-14/h3-6,12,14H,7-10H2,1-2H3. The molecule has 0 heterocycles. The highest BCUT2D eigenvalue weighted by atomic mass is 32.2. The fourth-order valence-electron chi connectivity index (χ4n) is 2.39. The van der Waals surface area contributed by atoms with Crippen LogP contribution in [0.4, 0.5) is 0 Å². The molecule has 0 N–H and O–H groups in total. The average Bonchev–Trinajstić information content (AvgIpc) is 2.48. The van der Waals surface area contributed by atoms with Crippen molar-refractivity contribution < 1.29 is 22.1 Å². The van der Waals surface area contributed by atoms with Gasteiger partial charge in [0.25, 0.3) is 0 Å². The van der Waals surface area contributed by atoms with Crippen LogP contribution in [0, 0.1) is 0 Å². The minimum atomic E-state index is -3.58. The molecular weight excluding hydrogens is 280 g/mol. The van der Waals surface area contributed by atoms with Crippen molar-refractivity contribution in [1.82, 2.24) is 0 Å². The summed E-state index contributed by atoms with van der Waals surface area (Å²) in [5, 5.41) is -0.448. The molecule has 0 bridgehead atoms. The summed E-state index contributed by atoms with van der Waals surface area (Å²) in [4.78, 5) is 0. The summed E-state index contributed by atoms with van der Waals surface area (Å²) in [6.07, 6.45) is 2.84. The molecule has 0 aromatic heterocycles. The normalized spacial score (nSPS) is 23.3. The van der Waals surface area contributed by atoms with E-state index in [1.165, 1.54) is 0 Å². The first-order chi connectivity index (χ1) is 9.55. The van der Waals surface area contributed by atoms with Gasteiger partial charge in [0, 0.05) is 7.11 Å². The fourth-order valence-corrected chi connectivity index (χ4v) is 3.76. The fraction of sp³-hybridized carbons (Fsp3) is 0.571. The van der Waals surface area contributed by atoms with Crippen LogP contribution in [0.2, 0.25) is 0 Å². The smallest absolute Gasteiger partial charge is 0.312 e. The molecule has 112 valence electrons. The van der Waals surface area contributed by atoms with E-state index in [-0.39, 0.29) is 6.10 Å². The number of hydrogen-bond acceptors (Lipinski definition) is 5. The van der Waals surface area contributed by atoms with Gasteiger partial charge in [-0.05, 0) is 49.9 Å². The molecule has 1 saturated carbocycles. The Kier molecular flexibility index (Phi) is 4.88. The molecule has 0 spiro atoms. The lowest BCUT2D eigenvalue weighted by Crippen LogP contribution is -2.32. The summed E-state index contributed by atoms with van der Waals surface area (Å²) < 4.78 is 39.9. The first-order valence-corrected chi connectivity index (χ1v) is 8.12. The third-order valence-corrected chi connectivity index (χ3v) is 5.35. The summed E-state index contributed by atoms with van der Waals surface area (Å²) in [7, 11) is -0.368. The van der Waals surface area contributed by atoms with Crippen LogP contribution in [0.3, 0.4) is 0 Å². The Morgan fingerprint density at radius 1 is 0.950 bits per heavy atom. The Morgan fingerprint density at radius 2 is 1.50 bits per heavy atom. The summed E-state index contributed by atoms with van der Waals surface area (Å²) in [5.41, 5.74) is 0. The van der Waals surface area contributed by atoms with Gasteiger partial charge in [-0.2, -0.15) is 8.42 Å². The van der Waals surface area contributed by atoms with Crippen LogP contribution in [-0.2, 0) is 14.9 Å². The SMILES string of the molecule is COc1ccc(OS(=O)(=O)C2CCC(OC)CC2)cc1. The molecule has 1 aliphatic rings. The maximum Gasteiger partial charge on any atom is 0.312 e. The van der Waals surface area contributed by atoms with Gasteiger partial charge in [-0.1, -0.05) is 0 Å². The zero-order valence-corrected chi connectivity index (χ0v) is 12.6. The van der Waals surface area contributed by atoms with E-state index in [9.17, 15) is 8.42 Å². The molecule has 1 aromatic carbocycles. The van der Waals surface area contributed by atoms with Gasteiger partial charge < -0.3 is 13.7 Å². The summed E-state index contributed by atoms with van der Waals surface area (Å²) in [6, 6.07) is 6.54. The lowest BCUT2D eigenvalue weighted by Gasteiger charge is -2.26. The number of methoxy groups -OCH3 is 2. The molecule has 1 fully saturated rings. The lowest BCUT2D eigenvalue weighted by atomic mass is 9.97. The van der Waals surface area contributed by atoms with Gasteiger partial charge in [-0.25, -0.2) is 0 Å². The largest absolute Gasteiger partial charge is 0.497 e. The molecule has 0 unspecified atom stereocenters. The van der Waals surface area contributed by atoms with Crippen LogP contribution >= 0.6 is 0 Å². The first kappa shape index (κ1) is 15.1. The van der Waals surface area contributed by atoms with Crippen molar-refractivity contribution >= 4 is 10.1 Å². The predicted molar refractivity (Wildman–Crippen MR) is 75.6 cm³/mol.